The first-order chi connectivity index (χ1) is 12.5. The van der Waals surface area contributed by atoms with Gasteiger partial charge in [0.2, 0.25) is 15.9 Å². The van der Waals surface area contributed by atoms with Crippen LogP contribution in [0.2, 0.25) is 0 Å². The molecule has 0 aliphatic carbocycles. The maximum atomic E-state index is 12.9. The van der Waals surface area contributed by atoms with Crippen molar-refractivity contribution in [2.75, 3.05) is 40.3 Å². The second-order valence-corrected chi connectivity index (χ2v) is 10.5. The van der Waals surface area contributed by atoms with E-state index in [0.29, 0.717) is 37.4 Å². The predicted octanol–water partition coefficient (Wildman–Crippen LogP) is 2.06. The van der Waals surface area contributed by atoms with E-state index in [1.165, 1.54) is 4.31 Å². The Labute approximate surface area is 164 Å². The van der Waals surface area contributed by atoms with Crippen molar-refractivity contribution in [3.63, 3.8) is 0 Å². The fourth-order valence-corrected chi connectivity index (χ4v) is 4.65. The van der Waals surface area contributed by atoms with Crippen LogP contribution in [0.1, 0.15) is 39.2 Å². The van der Waals surface area contributed by atoms with Crippen LogP contribution in [0, 0.1) is 5.92 Å². The summed E-state index contributed by atoms with van der Waals surface area (Å²) >= 11 is 0. The molecule has 2 rings (SSSR count). The van der Waals surface area contributed by atoms with Crippen LogP contribution >= 0.6 is 0 Å². The Morgan fingerprint density at radius 1 is 1.15 bits per heavy atom. The smallest absolute Gasteiger partial charge is 0.243 e. The molecule has 1 N–H and O–H groups in total. The fourth-order valence-electron chi connectivity index (χ4n) is 3.18. The van der Waals surface area contributed by atoms with Crippen LogP contribution in [0.15, 0.2) is 29.2 Å². The minimum Gasteiger partial charge on any atom is -0.355 e. The highest BCUT2D eigenvalue weighted by Gasteiger charge is 2.32. The van der Waals surface area contributed by atoms with Crippen LogP contribution in [0.5, 0.6) is 0 Å². The van der Waals surface area contributed by atoms with E-state index in [0.717, 1.165) is 12.1 Å². The summed E-state index contributed by atoms with van der Waals surface area (Å²) in [4.78, 5) is 14.6. The molecule has 0 unspecified atom stereocenters. The highest BCUT2D eigenvalue weighted by atomic mass is 32.2. The van der Waals surface area contributed by atoms with Crippen LogP contribution in [-0.2, 0) is 20.2 Å². The molecule has 1 aromatic rings. The monoisotopic (exact) mass is 395 g/mol. The average molecular weight is 396 g/mol. The van der Waals surface area contributed by atoms with Crippen LogP contribution in [0.4, 0.5) is 0 Å². The second kappa shape index (κ2) is 8.71. The molecule has 1 aromatic carbocycles. The first-order valence-electron chi connectivity index (χ1n) is 9.55. The molecule has 0 atom stereocenters. The summed E-state index contributed by atoms with van der Waals surface area (Å²) in [6, 6.07) is 7.15. The molecule has 6 nitrogen and oxygen atoms in total. The summed E-state index contributed by atoms with van der Waals surface area (Å²) in [5, 5.41) is 2.94. The number of hydrogen-bond donors (Lipinski definition) is 1. The molecule has 0 radical (unpaired) electrons. The average Bonchev–Trinajstić information content (AvgIpc) is 2.61. The van der Waals surface area contributed by atoms with E-state index in [1.807, 2.05) is 31.1 Å². The summed E-state index contributed by atoms with van der Waals surface area (Å²) in [6.45, 7) is 8.48. The lowest BCUT2D eigenvalue weighted by Crippen LogP contribution is -2.43. The standard InChI is InChI=1S/C20H33N3O3S/c1-20(2,3)17-6-8-18(9-7-17)27(25,26)23-13-10-16(11-14-23)19(24)21-12-15-22(4)5/h6-9,16H,10-15H2,1-5H3,(H,21,24). The number of likely N-dealkylation sites (N-methyl/N-ethyl adjacent to an activating group) is 1. The molecule has 0 aromatic heterocycles. The van der Waals surface area contributed by atoms with Gasteiger partial charge >= 0.3 is 0 Å². The number of nitrogens with one attached hydrogen (secondary N) is 1. The van der Waals surface area contributed by atoms with Crippen LogP contribution < -0.4 is 5.32 Å². The van der Waals surface area contributed by atoms with E-state index in [9.17, 15) is 13.2 Å². The number of nitrogens with zero attached hydrogens (tertiary/aromatic N) is 2. The number of benzene rings is 1. The van der Waals surface area contributed by atoms with Gasteiger partial charge in [-0.2, -0.15) is 4.31 Å². The minimum atomic E-state index is -3.51. The maximum absolute atomic E-state index is 12.9. The minimum absolute atomic E-state index is 0.0133. The Bertz CT molecular complexity index is 729. The molecule has 1 aliphatic heterocycles. The molecule has 1 fully saturated rings. The third kappa shape index (κ3) is 5.77. The highest BCUT2D eigenvalue weighted by molar-refractivity contribution is 7.89. The van der Waals surface area contributed by atoms with Gasteiger partial charge in [-0.25, -0.2) is 8.42 Å². The first-order valence-corrected chi connectivity index (χ1v) is 11.0. The van der Waals surface area contributed by atoms with Gasteiger partial charge in [0.15, 0.2) is 0 Å². The number of hydrogen-bond acceptors (Lipinski definition) is 4. The fraction of sp³-hybridized carbons (Fsp3) is 0.650. The normalized spacial score (nSPS) is 17.3. The van der Waals surface area contributed by atoms with Crippen molar-refractivity contribution in [1.29, 1.82) is 0 Å². The molecule has 1 heterocycles. The Kier molecular flexibility index (Phi) is 7.05. The van der Waals surface area contributed by atoms with Gasteiger partial charge < -0.3 is 10.2 Å². The molecule has 152 valence electrons. The van der Waals surface area contributed by atoms with Gasteiger partial charge in [-0.3, -0.25) is 4.79 Å². The summed E-state index contributed by atoms with van der Waals surface area (Å²) in [5.41, 5.74) is 1.09. The zero-order chi connectivity index (χ0) is 20.2. The van der Waals surface area contributed by atoms with Crippen molar-refractivity contribution in [2.24, 2.45) is 5.92 Å². The largest absolute Gasteiger partial charge is 0.355 e. The van der Waals surface area contributed by atoms with Crippen molar-refractivity contribution in [1.82, 2.24) is 14.5 Å². The summed E-state index contributed by atoms with van der Waals surface area (Å²) < 4.78 is 27.3. The van der Waals surface area contributed by atoms with Crippen LogP contribution in [0.3, 0.4) is 0 Å². The molecule has 1 saturated heterocycles. The number of piperidine rings is 1. The molecule has 0 spiro atoms. The molecular weight excluding hydrogens is 362 g/mol. The van der Waals surface area contributed by atoms with Gasteiger partial charge in [-0.05, 0) is 50.0 Å². The van der Waals surface area contributed by atoms with E-state index in [4.69, 9.17) is 0 Å². The van der Waals surface area contributed by atoms with Crippen molar-refractivity contribution in [2.45, 2.75) is 43.9 Å². The van der Waals surface area contributed by atoms with Crippen molar-refractivity contribution < 1.29 is 13.2 Å². The maximum Gasteiger partial charge on any atom is 0.243 e. The molecule has 0 saturated carbocycles. The summed E-state index contributed by atoms with van der Waals surface area (Å²) in [7, 11) is 0.417. The predicted molar refractivity (Wildman–Crippen MR) is 108 cm³/mol. The van der Waals surface area contributed by atoms with Gasteiger partial charge in [-0.1, -0.05) is 32.9 Å². The lowest BCUT2D eigenvalue weighted by Gasteiger charge is -2.30. The van der Waals surface area contributed by atoms with Crippen molar-refractivity contribution >= 4 is 15.9 Å². The lowest BCUT2D eigenvalue weighted by molar-refractivity contribution is -0.126. The number of carbonyl (C=O) groups is 1. The number of amides is 1. The lowest BCUT2D eigenvalue weighted by atomic mass is 9.87. The number of rotatable bonds is 6. The zero-order valence-corrected chi connectivity index (χ0v) is 18.0. The van der Waals surface area contributed by atoms with Gasteiger partial charge in [0.05, 0.1) is 4.90 Å². The van der Waals surface area contributed by atoms with E-state index >= 15 is 0 Å². The van der Waals surface area contributed by atoms with E-state index in [2.05, 4.69) is 26.1 Å². The Morgan fingerprint density at radius 2 is 1.70 bits per heavy atom. The summed E-state index contributed by atoms with van der Waals surface area (Å²) in [6.07, 6.45) is 1.13. The number of sulfonamides is 1. The second-order valence-electron chi connectivity index (χ2n) is 8.55. The molecule has 27 heavy (non-hydrogen) atoms. The van der Waals surface area contributed by atoms with Crippen LogP contribution in [0.25, 0.3) is 0 Å². The quantitative estimate of drug-likeness (QED) is 0.800. The van der Waals surface area contributed by atoms with Crippen LogP contribution in [-0.4, -0.2) is 63.8 Å². The van der Waals surface area contributed by atoms with Gasteiger partial charge in [0.25, 0.3) is 0 Å². The van der Waals surface area contributed by atoms with Gasteiger partial charge in [0.1, 0.15) is 0 Å². The summed E-state index contributed by atoms with van der Waals surface area (Å²) in [5.74, 6) is -0.0784. The zero-order valence-electron chi connectivity index (χ0n) is 17.2. The van der Waals surface area contributed by atoms with Gasteiger partial charge in [0, 0.05) is 32.1 Å². The first kappa shape index (κ1) is 21.9. The molecule has 1 amide bonds. The molecular formula is C20H33N3O3S. The van der Waals surface area contributed by atoms with E-state index in [1.54, 1.807) is 12.1 Å². The van der Waals surface area contributed by atoms with Crippen molar-refractivity contribution in [3.8, 4) is 0 Å². The molecule has 0 bridgehead atoms. The third-order valence-electron chi connectivity index (χ3n) is 5.04. The SMILES string of the molecule is CN(C)CCNC(=O)C1CCN(S(=O)(=O)c2ccc(C(C)(C)C)cc2)CC1. The Balaban J connectivity index is 1.95. The van der Waals surface area contributed by atoms with Gasteiger partial charge in [-0.15, -0.1) is 0 Å². The topological polar surface area (TPSA) is 69.7 Å². The third-order valence-corrected chi connectivity index (χ3v) is 6.95. The molecule has 7 heteroatoms. The Hall–Kier alpha value is -1.44. The Morgan fingerprint density at radius 3 is 2.19 bits per heavy atom. The van der Waals surface area contributed by atoms with E-state index in [-0.39, 0.29) is 17.2 Å². The van der Waals surface area contributed by atoms with E-state index < -0.39 is 10.0 Å². The molecule has 1 aliphatic rings. The van der Waals surface area contributed by atoms with Crippen molar-refractivity contribution in [3.05, 3.63) is 29.8 Å². The highest BCUT2D eigenvalue weighted by Crippen LogP contribution is 2.27. The number of carbonyl (C=O) groups excluding carboxylic acids is 1.